The van der Waals surface area contributed by atoms with E-state index >= 15 is 0 Å². The number of aromatic nitrogens is 1. The van der Waals surface area contributed by atoms with Gasteiger partial charge in [-0.15, -0.1) is 0 Å². The van der Waals surface area contributed by atoms with E-state index in [-0.39, 0.29) is 23.6 Å². The van der Waals surface area contributed by atoms with E-state index in [0.717, 1.165) is 16.7 Å². The van der Waals surface area contributed by atoms with Gasteiger partial charge >= 0.3 is 6.09 Å². The maximum absolute atomic E-state index is 13.3. The van der Waals surface area contributed by atoms with E-state index in [2.05, 4.69) is 5.32 Å². The van der Waals surface area contributed by atoms with Gasteiger partial charge in [0.2, 0.25) is 15.9 Å². The highest BCUT2D eigenvalue weighted by Crippen LogP contribution is 2.34. The van der Waals surface area contributed by atoms with Crippen LogP contribution in [0.15, 0.2) is 52.4 Å². The summed E-state index contributed by atoms with van der Waals surface area (Å²) >= 11 is 0. The molecular weight excluding hydrogens is 468 g/mol. The average molecular weight is 493 g/mol. The molecule has 13 heteroatoms. The first-order valence-electron chi connectivity index (χ1n) is 10.8. The topological polar surface area (TPSA) is 153 Å². The number of rotatable bonds is 7. The number of nitrogens with zero attached hydrogens (tertiary/aromatic N) is 3. The highest BCUT2D eigenvalue weighted by Gasteiger charge is 2.54. The molecule has 4 heterocycles. The fourth-order valence-electron chi connectivity index (χ4n) is 4.40. The van der Waals surface area contributed by atoms with Crippen LogP contribution in [0.3, 0.4) is 0 Å². The summed E-state index contributed by atoms with van der Waals surface area (Å²) in [5, 5.41) is 14.1. The van der Waals surface area contributed by atoms with Gasteiger partial charge < -0.3 is 24.6 Å². The van der Waals surface area contributed by atoms with Crippen LogP contribution in [-0.4, -0.2) is 66.6 Å². The van der Waals surface area contributed by atoms with Crippen LogP contribution in [0.1, 0.15) is 26.2 Å². The van der Waals surface area contributed by atoms with Crippen molar-refractivity contribution in [2.75, 3.05) is 13.1 Å². The lowest BCUT2D eigenvalue weighted by atomic mass is 10.1. The molecule has 1 N–H and O–H groups in total. The van der Waals surface area contributed by atoms with Crippen LogP contribution in [0.5, 0.6) is 5.75 Å². The van der Waals surface area contributed by atoms with Gasteiger partial charge in [-0.2, -0.15) is 9.04 Å². The molecule has 0 aliphatic carbocycles. The summed E-state index contributed by atoms with van der Waals surface area (Å²) in [7, 11) is -4.12. The number of amides is 2. The standard InChI is InChI=1S/C21H24N4O8S/c1-2-4-16(22-21(28)33-14-7-10-32-13-14)20(27)24-9-6-17-19(24)18(26)12-25(17)34(30,31)15-5-3-8-23(29)11-15/h3,5,7-8,10-11,13,16-17,19H,2,4,6,9,12H2,1H3,(H,22,28). The van der Waals surface area contributed by atoms with E-state index in [4.69, 9.17) is 9.15 Å². The van der Waals surface area contributed by atoms with Crippen molar-refractivity contribution in [3.63, 3.8) is 0 Å². The Kier molecular flexibility index (Phi) is 6.57. The highest BCUT2D eigenvalue weighted by atomic mass is 32.2. The zero-order chi connectivity index (χ0) is 24.5. The van der Waals surface area contributed by atoms with Crippen molar-refractivity contribution in [2.24, 2.45) is 0 Å². The second-order valence-electron chi connectivity index (χ2n) is 8.08. The molecule has 2 aromatic heterocycles. The number of Topliss-reactive ketones (excluding diaryl/α,β-unsaturated/α-hetero) is 1. The number of likely N-dealkylation sites (tertiary alicyclic amines) is 1. The van der Waals surface area contributed by atoms with Crippen molar-refractivity contribution in [3.05, 3.63) is 48.3 Å². The van der Waals surface area contributed by atoms with Crippen molar-refractivity contribution in [1.82, 2.24) is 14.5 Å². The molecule has 0 bridgehead atoms. The SMILES string of the molecule is CCCC(NC(=O)Oc1ccoc1)C(=O)N1CCC2C1C(=O)CN2S(=O)(=O)c1ccc[n+]([O-])c1. The van der Waals surface area contributed by atoms with Crippen LogP contribution in [-0.2, 0) is 19.6 Å². The second-order valence-corrected chi connectivity index (χ2v) is 9.97. The summed E-state index contributed by atoms with van der Waals surface area (Å²) in [6.07, 6.45) is 4.93. The van der Waals surface area contributed by atoms with Gasteiger partial charge in [0.15, 0.2) is 23.9 Å². The Bertz CT molecular complexity index is 1180. The molecule has 2 fully saturated rings. The average Bonchev–Trinajstić information content (AvgIpc) is 3.52. The predicted octanol–water partition coefficient (Wildman–Crippen LogP) is 0.413. The van der Waals surface area contributed by atoms with Crippen molar-refractivity contribution in [2.45, 2.75) is 49.2 Å². The number of carbonyl (C=O) groups excluding carboxylic acids is 3. The van der Waals surface area contributed by atoms with Crippen molar-refractivity contribution < 1.29 is 36.7 Å². The lowest BCUT2D eigenvalue weighted by Gasteiger charge is -2.28. The lowest BCUT2D eigenvalue weighted by Crippen LogP contribution is -2.53. The van der Waals surface area contributed by atoms with E-state index in [1.54, 1.807) is 0 Å². The Morgan fingerprint density at radius 1 is 1.38 bits per heavy atom. The number of carbonyl (C=O) groups is 3. The Hall–Kier alpha value is -3.45. The molecule has 0 saturated carbocycles. The van der Waals surface area contributed by atoms with Crippen LogP contribution in [0, 0.1) is 5.21 Å². The van der Waals surface area contributed by atoms with E-state index in [9.17, 15) is 28.0 Å². The van der Waals surface area contributed by atoms with Gasteiger partial charge in [-0.25, -0.2) is 13.2 Å². The summed E-state index contributed by atoms with van der Waals surface area (Å²) < 4.78 is 37.6. The van der Waals surface area contributed by atoms with Gasteiger partial charge in [0.05, 0.1) is 18.8 Å². The summed E-state index contributed by atoms with van der Waals surface area (Å²) in [6, 6.07) is 1.37. The third-order valence-corrected chi connectivity index (χ3v) is 7.74. The van der Waals surface area contributed by atoms with Crippen LogP contribution >= 0.6 is 0 Å². The molecule has 2 saturated heterocycles. The molecule has 2 aliphatic rings. The van der Waals surface area contributed by atoms with Crippen LogP contribution in [0.4, 0.5) is 4.79 Å². The number of nitrogens with one attached hydrogen (secondary N) is 1. The Balaban J connectivity index is 1.50. The summed E-state index contributed by atoms with van der Waals surface area (Å²) in [6.45, 7) is 1.60. The van der Waals surface area contributed by atoms with E-state index in [0.29, 0.717) is 17.6 Å². The molecule has 0 spiro atoms. The van der Waals surface area contributed by atoms with Gasteiger partial charge in [0.25, 0.3) is 0 Å². The number of hydrogen-bond donors (Lipinski definition) is 1. The second kappa shape index (κ2) is 9.43. The maximum Gasteiger partial charge on any atom is 0.413 e. The number of ketones is 1. The minimum Gasteiger partial charge on any atom is -0.619 e. The van der Waals surface area contributed by atoms with Gasteiger partial charge in [0.1, 0.15) is 23.2 Å². The van der Waals surface area contributed by atoms with Crippen molar-refractivity contribution in [1.29, 1.82) is 0 Å². The molecule has 3 atom stereocenters. The molecule has 0 radical (unpaired) electrons. The minimum atomic E-state index is -4.12. The van der Waals surface area contributed by atoms with E-state index in [1.165, 1.54) is 35.6 Å². The molecule has 0 aromatic carbocycles. The molecular formula is C21H24N4O8S. The third kappa shape index (κ3) is 4.48. The van der Waals surface area contributed by atoms with E-state index < -0.39 is 52.5 Å². The molecule has 2 amide bonds. The molecule has 34 heavy (non-hydrogen) atoms. The fourth-order valence-corrected chi connectivity index (χ4v) is 6.03. The predicted molar refractivity (Wildman–Crippen MR) is 115 cm³/mol. The number of sulfonamides is 1. The summed E-state index contributed by atoms with van der Waals surface area (Å²) in [5.41, 5.74) is 0. The third-order valence-electron chi connectivity index (χ3n) is 5.89. The van der Waals surface area contributed by atoms with E-state index in [1.807, 2.05) is 6.92 Å². The normalized spacial score (nSPS) is 21.3. The number of hydrogen-bond acceptors (Lipinski definition) is 8. The first-order chi connectivity index (χ1) is 16.2. The molecule has 2 aliphatic heterocycles. The van der Waals surface area contributed by atoms with Crippen molar-refractivity contribution >= 4 is 27.8 Å². The largest absolute Gasteiger partial charge is 0.619 e. The minimum absolute atomic E-state index is 0.154. The fraction of sp³-hybridized carbons (Fsp3) is 0.429. The smallest absolute Gasteiger partial charge is 0.413 e. The molecule has 182 valence electrons. The first-order valence-corrected chi connectivity index (χ1v) is 12.2. The zero-order valence-electron chi connectivity index (χ0n) is 18.3. The van der Waals surface area contributed by atoms with Gasteiger partial charge in [-0.1, -0.05) is 13.3 Å². The summed E-state index contributed by atoms with van der Waals surface area (Å²) in [5.74, 6) is -0.724. The first kappa shape index (κ1) is 23.7. The molecule has 4 rings (SSSR count). The maximum atomic E-state index is 13.3. The summed E-state index contributed by atoms with van der Waals surface area (Å²) in [4.78, 5) is 39.5. The molecule has 12 nitrogen and oxygen atoms in total. The van der Waals surface area contributed by atoms with Crippen LogP contribution in [0.25, 0.3) is 0 Å². The van der Waals surface area contributed by atoms with Gasteiger partial charge in [-0.3, -0.25) is 9.59 Å². The number of pyridine rings is 1. The Morgan fingerprint density at radius 3 is 2.85 bits per heavy atom. The monoisotopic (exact) mass is 492 g/mol. The molecule has 2 aromatic rings. The quantitative estimate of drug-likeness (QED) is 0.431. The molecule has 3 unspecified atom stereocenters. The lowest BCUT2D eigenvalue weighted by molar-refractivity contribution is -0.607. The number of fused-ring (bicyclic) bond motifs is 1. The van der Waals surface area contributed by atoms with Gasteiger partial charge in [0, 0.05) is 18.7 Å². The number of furan rings is 1. The van der Waals surface area contributed by atoms with Crippen molar-refractivity contribution in [3.8, 4) is 5.75 Å². The van der Waals surface area contributed by atoms with Crippen LogP contribution < -0.4 is 14.8 Å². The Labute approximate surface area is 195 Å². The van der Waals surface area contributed by atoms with Gasteiger partial charge in [-0.05, 0) is 18.9 Å². The van der Waals surface area contributed by atoms with Crippen LogP contribution in [0.2, 0.25) is 0 Å². The Morgan fingerprint density at radius 2 is 2.18 bits per heavy atom. The number of ether oxygens (including phenoxy) is 1. The zero-order valence-corrected chi connectivity index (χ0v) is 19.1. The highest BCUT2D eigenvalue weighted by molar-refractivity contribution is 7.89.